The molecule has 1 aliphatic heterocycles. The van der Waals surface area contributed by atoms with E-state index in [9.17, 15) is 0 Å². The van der Waals surface area contributed by atoms with Gasteiger partial charge in [0.05, 0.1) is 12.7 Å². The zero-order chi connectivity index (χ0) is 8.10. The van der Waals surface area contributed by atoms with Crippen LogP contribution < -0.4 is 10.6 Å². The first-order valence-corrected chi connectivity index (χ1v) is 3.93. The third-order valence-corrected chi connectivity index (χ3v) is 1.61. The van der Waals surface area contributed by atoms with Gasteiger partial charge < -0.3 is 20.1 Å². The maximum atomic E-state index is 5.50. The zero-order valence-electron chi connectivity index (χ0n) is 7.09. The fourth-order valence-electron chi connectivity index (χ4n) is 1.12. The van der Waals surface area contributed by atoms with E-state index in [0.717, 1.165) is 13.1 Å². The van der Waals surface area contributed by atoms with E-state index >= 15 is 0 Å². The highest BCUT2D eigenvalue weighted by Gasteiger charge is 2.24. The SMILES string of the molecule is CNCC1COC(CNC)O1. The molecule has 2 N–H and O–H groups in total. The number of hydrogen-bond acceptors (Lipinski definition) is 4. The Balaban J connectivity index is 2.12. The molecular formula is C7H16N2O2. The Bertz CT molecular complexity index is 98.6. The minimum atomic E-state index is -0.0571. The summed E-state index contributed by atoms with van der Waals surface area (Å²) in [5.41, 5.74) is 0. The first-order valence-electron chi connectivity index (χ1n) is 3.93. The Morgan fingerprint density at radius 3 is 2.64 bits per heavy atom. The number of likely N-dealkylation sites (N-methyl/N-ethyl adjacent to an activating group) is 2. The molecular weight excluding hydrogens is 144 g/mol. The van der Waals surface area contributed by atoms with Gasteiger partial charge in [0.1, 0.15) is 0 Å². The van der Waals surface area contributed by atoms with Gasteiger partial charge in [0.2, 0.25) is 0 Å². The van der Waals surface area contributed by atoms with E-state index in [1.807, 2.05) is 14.1 Å². The van der Waals surface area contributed by atoms with Crippen LogP contribution in [0.1, 0.15) is 0 Å². The number of ether oxygens (including phenoxy) is 2. The minimum absolute atomic E-state index is 0.0571. The fraction of sp³-hybridized carbons (Fsp3) is 1.00. The van der Waals surface area contributed by atoms with Crippen molar-refractivity contribution in [2.75, 3.05) is 33.8 Å². The molecule has 0 aromatic rings. The smallest absolute Gasteiger partial charge is 0.170 e. The molecule has 66 valence electrons. The summed E-state index contributed by atoms with van der Waals surface area (Å²) in [6.07, 6.45) is 0.164. The average Bonchev–Trinajstić information content (AvgIpc) is 2.38. The Morgan fingerprint density at radius 1 is 1.27 bits per heavy atom. The van der Waals surface area contributed by atoms with Crippen LogP contribution in [0, 0.1) is 0 Å². The summed E-state index contributed by atoms with van der Waals surface area (Å²) in [5, 5.41) is 6.05. The molecule has 0 radical (unpaired) electrons. The van der Waals surface area contributed by atoms with Gasteiger partial charge in [-0.3, -0.25) is 0 Å². The van der Waals surface area contributed by atoms with Gasteiger partial charge in [-0.15, -0.1) is 0 Å². The molecule has 2 atom stereocenters. The lowest BCUT2D eigenvalue weighted by atomic mass is 10.4. The Kier molecular flexibility index (Phi) is 3.79. The van der Waals surface area contributed by atoms with Crippen LogP contribution in [0.4, 0.5) is 0 Å². The van der Waals surface area contributed by atoms with Gasteiger partial charge in [0.25, 0.3) is 0 Å². The number of hydrogen-bond donors (Lipinski definition) is 2. The van der Waals surface area contributed by atoms with Crippen LogP contribution in [0.3, 0.4) is 0 Å². The molecule has 4 nitrogen and oxygen atoms in total. The largest absolute Gasteiger partial charge is 0.349 e. The lowest BCUT2D eigenvalue weighted by Gasteiger charge is -2.09. The Hall–Kier alpha value is -0.160. The first-order chi connectivity index (χ1) is 5.36. The summed E-state index contributed by atoms with van der Waals surface area (Å²) in [5.74, 6) is 0. The molecule has 0 aliphatic carbocycles. The highest BCUT2D eigenvalue weighted by atomic mass is 16.7. The average molecular weight is 160 g/mol. The molecule has 1 rings (SSSR count). The van der Waals surface area contributed by atoms with E-state index in [1.165, 1.54) is 0 Å². The second-order valence-electron chi connectivity index (χ2n) is 2.64. The van der Waals surface area contributed by atoms with Crippen LogP contribution in [0.5, 0.6) is 0 Å². The molecule has 0 bridgehead atoms. The monoisotopic (exact) mass is 160 g/mol. The molecule has 0 aromatic heterocycles. The molecule has 1 heterocycles. The molecule has 1 fully saturated rings. The van der Waals surface area contributed by atoms with Crippen molar-refractivity contribution in [3.8, 4) is 0 Å². The summed E-state index contributed by atoms with van der Waals surface area (Å²) in [7, 11) is 3.80. The standard InChI is InChI=1S/C7H16N2O2/c1-8-3-6-5-10-7(11-6)4-9-2/h6-9H,3-5H2,1-2H3. The molecule has 1 saturated heterocycles. The summed E-state index contributed by atoms with van der Waals surface area (Å²) in [6, 6.07) is 0. The lowest BCUT2D eigenvalue weighted by molar-refractivity contribution is -0.0528. The summed E-state index contributed by atoms with van der Waals surface area (Å²) in [6.45, 7) is 2.33. The van der Waals surface area contributed by atoms with Crippen LogP contribution in [0.25, 0.3) is 0 Å². The van der Waals surface area contributed by atoms with E-state index in [-0.39, 0.29) is 12.4 Å². The van der Waals surface area contributed by atoms with Gasteiger partial charge in [-0.2, -0.15) is 0 Å². The third-order valence-electron chi connectivity index (χ3n) is 1.61. The first kappa shape index (κ1) is 8.93. The Morgan fingerprint density at radius 2 is 2.00 bits per heavy atom. The molecule has 0 saturated carbocycles. The van der Waals surface area contributed by atoms with E-state index in [4.69, 9.17) is 9.47 Å². The van der Waals surface area contributed by atoms with Gasteiger partial charge in [-0.05, 0) is 14.1 Å². The topological polar surface area (TPSA) is 42.5 Å². The highest BCUT2D eigenvalue weighted by Crippen LogP contribution is 2.09. The maximum Gasteiger partial charge on any atom is 0.170 e. The molecule has 4 heteroatoms. The van der Waals surface area contributed by atoms with Gasteiger partial charge in [-0.1, -0.05) is 0 Å². The minimum Gasteiger partial charge on any atom is -0.349 e. The predicted octanol–water partition coefficient (Wildman–Crippen LogP) is -0.833. The predicted molar refractivity (Wildman–Crippen MR) is 42.5 cm³/mol. The van der Waals surface area contributed by atoms with E-state index in [0.29, 0.717) is 6.61 Å². The second kappa shape index (κ2) is 4.66. The maximum absolute atomic E-state index is 5.50. The molecule has 2 unspecified atom stereocenters. The quantitative estimate of drug-likeness (QED) is 0.563. The number of nitrogens with one attached hydrogen (secondary N) is 2. The van der Waals surface area contributed by atoms with E-state index < -0.39 is 0 Å². The molecule has 1 aliphatic rings. The molecule has 11 heavy (non-hydrogen) atoms. The summed E-state index contributed by atoms with van der Waals surface area (Å²) in [4.78, 5) is 0. The highest BCUT2D eigenvalue weighted by molar-refractivity contribution is 4.67. The zero-order valence-corrected chi connectivity index (χ0v) is 7.09. The van der Waals surface area contributed by atoms with Crippen molar-refractivity contribution >= 4 is 0 Å². The van der Waals surface area contributed by atoms with Crippen molar-refractivity contribution in [2.45, 2.75) is 12.4 Å². The van der Waals surface area contributed by atoms with Crippen LogP contribution in [0.2, 0.25) is 0 Å². The lowest BCUT2D eigenvalue weighted by Crippen LogP contribution is -2.28. The van der Waals surface area contributed by atoms with Gasteiger partial charge in [0.15, 0.2) is 6.29 Å². The van der Waals surface area contributed by atoms with Crippen molar-refractivity contribution < 1.29 is 9.47 Å². The van der Waals surface area contributed by atoms with Crippen LogP contribution in [0.15, 0.2) is 0 Å². The van der Waals surface area contributed by atoms with Crippen molar-refractivity contribution in [1.82, 2.24) is 10.6 Å². The van der Waals surface area contributed by atoms with Crippen LogP contribution >= 0.6 is 0 Å². The van der Waals surface area contributed by atoms with Crippen molar-refractivity contribution in [1.29, 1.82) is 0 Å². The van der Waals surface area contributed by atoms with Crippen molar-refractivity contribution in [3.63, 3.8) is 0 Å². The second-order valence-corrected chi connectivity index (χ2v) is 2.64. The molecule has 0 amide bonds. The van der Waals surface area contributed by atoms with E-state index in [1.54, 1.807) is 0 Å². The summed E-state index contributed by atoms with van der Waals surface area (Å²) < 4.78 is 10.8. The van der Waals surface area contributed by atoms with Crippen molar-refractivity contribution in [3.05, 3.63) is 0 Å². The molecule has 0 aromatic carbocycles. The third kappa shape index (κ3) is 2.75. The molecule has 0 spiro atoms. The van der Waals surface area contributed by atoms with Gasteiger partial charge in [-0.25, -0.2) is 0 Å². The van der Waals surface area contributed by atoms with E-state index in [2.05, 4.69) is 10.6 Å². The summed E-state index contributed by atoms with van der Waals surface area (Å²) >= 11 is 0. The van der Waals surface area contributed by atoms with Gasteiger partial charge >= 0.3 is 0 Å². The van der Waals surface area contributed by atoms with Crippen molar-refractivity contribution in [2.24, 2.45) is 0 Å². The fourth-order valence-corrected chi connectivity index (χ4v) is 1.12. The van der Waals surface area contributed by atoms with Crippen LogP contribution in [-0.4, -0.2) is 46.2 Å². The van der Waals surface area contributed by atoms with Crippen LogP contribution in [-0.2, 0) is 9.47 Å². The van der Waals surface area contributed by atoms with Gasteiger partial charge in [0, 0.05) is 13.1 Å². The Labute approximate surface area is 67.2 Å². The number of rotatable bonds is 4. The normalized spacial score (nSPS) is 31.1.